The molecule has 3 aromatic rings. The topological polar surface area (TPSA) is 101 Å². The number of rotatable bonds is 12. The molecule has 1 saturated heterocycles. The largest absolute Gasteiger partial charge is 0.457 e. The van der Waals surface area contributed by atoms with Gasteiger partial charge in [-0.25, -0.2) is 0 Å². The first-order valence-electron chi connectivity index (χ1n) is 14.8. The van der Waals surface area contributed by atoms with Crippen LogP contribution < -0.4 is 15.4 Å². The van der Waals surface area contributed by atoms with Crippen LogP contribution in [0.5, 0.6) is 11.5 Å². The summed E-state index contributed by atoms with van der Waals surface area (Å²) in [7, 11) is 0. The van der Waals surface area contributed by atoms with Crippen molar-refractivity contribution in [1.82, 2.24) is 20.5 Å². The van der Waals surface area contributed by atoms with Gasteiger partial charge in [0.2, 0.25) is 11.8 Å². The summed E-state index contributed by atoms with van der Waals surface area (Å²) in [5, 5.41) is 6.00. The molecule has 2 atom stereocenters. The van der Waals surface area contributed by atoms with Crippen LogP contribution in [0.15, 0.2) is 79.1 Å². The summed E-state index contributed by atoms with van der Waals surface area (Å²) in [5.74, 6) is 3.73. The SMILES string of the molecule is O=C(NCc1ccc(Oc2ccccc2)cc1)[C@H](CSCC1CCCCC1)NC(=O)[C@@H]1CSCN1C(=O)c1cccnc1. The third-order valence-corrected chi connectivity index (χ3v) is 10.0. The van der Waals surface area contributed by atoms with Gasteiger partial charge in [-0.2, -0.15) is 11.8 Å². The highest BCUT2D eigenvalue weighted by Gasteiger charge is 2.37. The molecule has 2 fully saturated rings. The van der Waals surface area contributed by atoms with Gasteiger partial charge in [0.25, 0.3) is 5.91 Å². The summed E-state index contributed by atoms with van der Waals surface area (Å²) in [6.45, 7) is 0.328. The smallest absolute Gasteiger partial charge is 0.256 e. The van der Waals surface area contributed by atoms with Gasteiger partial charge in [-0.3, -0.25) is 19.4 Å². The minimum absolute atomic E-state index is 0.231. The fourth-order valence-electron chi connectivity index (χ4n) is 5.28. The fourth-order valence-corrected chi connectivity index (χ4v) is 7.71. The highest BCUT2D eigenvalue weighted by Crippen LogP contribution is 2.28. The Kier molecular flexibility index (Phi) is 11.4. The van der Waals surface area contributed by atoms with Gasteiger partial charge in [0.05, 0.1) is 11.4 Å². The maximum atomic E-state index is 13.5. The highest BCUT2D eigenvalue weighted by molar-refractivity contribution is 7.99. The van der Waals surface area contributed by atoms with Crippen molar-refractivity contribution in [2.75, 3.05) is 23.1 Å². The molecule has 3 amide bonds. The lowest BCUT2D eigenvalue weighted by Gasteiger charge is -2.26. The third-order valence-electron chi connectivity index (χ3n) is 7.72. The van der Waals surface area contributed by atoms with Crippen LogP contribution in [0.25, 0.3) is 0 Å². The molecule has 1 aromatic heterocycles. The first-order valence-corrected chi connectivity index (χ1v) is 17.1. The second-order valence-corrected chi connectivity index (χ2v) is 13.0. The zero-order chi connectivity index (χ0) is 29.9. The van der Waals surface area contributed by atoms with Gasteiger partial charge in [0.15, 0.2) is 0 Å². The van der Waals surface area contributed by atoms with E-state index in [2.05, 4.69) is 15.6 Å². The number of nitrogens with one attached hydrogen (secondary N) is 2. The van der Waals surface area contributed by atoms with Crippen molar-refractivity contribution in [2.24, 2.45) is 5.92 Å². The number of carbonyl (C=O) groups is 3. The molecule has 1 aliphatic carbocycles. The standard InChI is InChI=1S/C33H38N4O4S2/c38-31(35-18-24-13-15-28(16-14-24)41-27-11-5-2-6-12-27)29(21-42-20-25-8-3-1-4-9-25)36-32(39)30-22-43-23-37(30)33(40)26-10-7-17-34-19-26/h2,5-7,10-17,19,25,29-30H,1,3-4,8-9,18,20-23H2,(H,35,38)(H,36,39)/t29-,30-/m0/s1. The van der Waals surface area contributed by atoms with Crippen LogP contribution in [0.2, 0.25) is 0 Å². The minimum atomic E-state index is -0.706. The predicted molar refractivity (Wildman–Crippen MR) is 172 cm³/mol. The molecular weight excluding hydrogens is 581 g/mol. The summed E-state index contributed by atoms with van der Waals surface area (Å²) in [6.07, 6.45) is 9.41. The number of carbonyl (C=O) groups excluding carboxylic acids is 3. The first kappa shape index (κ1) is 30.9. The Bertz CT molecular complexity index is 1340. The first-order chi connectivity index (χ1) is 21.1. The van der Waals surface area contributed by atoms with E-state index in [0.29, 0.717) is 41.2 Å². The predicted octanol–water partition coefficient (Wildman–Crippen LogP) is 5.50. The molecule has 0 unspecified atom stereocenters. The molecular formula is C33H38N4O4S2. The number of thioether (sulfide) groups is 2. The normalized spacial score (nSPS) is 17.7. The lowest BCUT2D eigenvalue weighted by molar-refractivity contribution is -0.130. The molecule has 2 heterocycles. The van der Waals surface area contributed by atoms with E-state index in [1.165, 1.54) is 50.1 Å². The Morgan fingerprint density at radius 3 is 2.49 bits per heavy atom. The van der Waals surface area contributed by atoms with Crippen LogP contribution in [0.4, 0.5) is 0 Å². The number of pyridine rings is 1. The van der Waals surface area contributed by atoms with Crippen LogP contribution in [0, 0.1) is 5.92 Å². The molecule has 10 heteroatoms. The average Bonchev–Trinajstić information content (AvgIpc) is 3.55. The van der Waals surface area contributed by atoms with E-state index >= 15 is 0 Å². The Balaban J connectivity index is 1.19. The minimum Gasteiger partial charge on any atom is -0.457 e. The monoisotopic (exact) mass is 618 g/mol. The summed E-state index contributed by atoms with van der Waals surface area (Å²) >= 11 is 3.25. The van der Waals surface area contributed by atoms with E-state index in [1.54, 1.807) is 35.0 Å². The summed E-state index contributed by atoms with van der Waals surface area (Å²) in [4.78, 5) is 45.7. The molecule has 5 rings (SSSR count). The van der Waals surface area contributed by atoms with Crippen molar-refractivity contribution in [3.05, 3.63) is 90.3 Å². The molecule has 0 bridgehead atoms. The lowest BCUT2D eigenvalue weighted by atomic mass is 9.91. The van der Waals surface area contributed by atoms with Crippen LogP contribution in [0.3, 0.4) is 0 Å². The van der Waals surface area contributed by atoms with Crippen molar-refractivity contribution < 1.29 is 19.1 Å². The Hall–Kier alpha value is -3.50. The zero-order valence-corrected chi connectivity index (χ0v) is 25.8. The van der Waals surface area contributed by atoms with Gasteiger partial charge < -0.3 is 20.3 Å². The van der Waals surface area contributed by atoms with Crippen LogP contribution in [-0.4, -0.2) is 62.8 Å². The summed E-state index contributed by atoms with van der Waals surface area (Å²) in [6, 6.07) is 19.2. The zero-order valence-electron chi connectivity index (χ0n) is 24.2. The van der Waals surface area contributed by atoms with E-state index < -0.39 is 12.1 Å². The average molecular weight is 619 g/mol. The molecule has 2 aliphatic rings. The highest BCUT2D eigenvalue weighted by atomic mass is 32.2. The number of hydrogen-bond donors (Lipinski definition) is 2. The third kappa shape index (κ3) is 9.00. The van der Waals surface area contributed by atoms with E-state index in [0.717, 1.165) is 17.1 Å². The number of ether oxygens (including phenoxy) is 1. The van der Waals surface area contributed by atoms with Crippen LogP contribution >= 0.6 is 23.5 Å². The summed E-state index contributed by atoms with van der Waals surface area (Å²) < 4.78 is 5.87. The van der Waals surface area contributed by atoms with Gasteiger partial charge in [-0.1, -0.05) is 49.6 Å². The second kappa shape index (κ2) is 15.8. The quantitative estimate of drug-likeness (QED) is 0.276. The van der Waals surface area contributed by atoms with Crippen LogP contribution in [-0.2, 0) is 16.1 Å². The Labute approximate surface area is 261 Å². The van der Waals surface area contributed by atoms with Crippen molar-refractivity contribution >= 4 is 41.2 Å². The van der Waals surface area contributed by atoms with Gasteiger partial charge in [0, 0.05) is 30.4 Å². The Morgan fingerprint density at radius 2 is 1.74 bits per heavy atom. The van der Waals surface area contributed by atoms with Gasteiger partial charge >= 0.3 is 0 Å². The second-order valence-electron chi connectivity index (χ2n) is 10.9. The molecule has 0 spiro atoms. The molecule has 0 radical (unpaired) electrons. The number of hydrogen-bond acceptors (Lipinski definition) is 7. The molecule has 2 aromatic carbocycles. The molecule has 8 nitrogen and oxygen atoms in total. The van der Waals surface area contributed by atoms with Crippen molar-refractivity contribution in [3.63, 3.8) is 0 Å². The molecule has 1 saturated carbocycles. The van der Waals surface area contributed by atoms with E-state index in [4.69, 9.17) is 4.74 Å². The number of aromatic nitrogens is 1. The van der Waals surface area contributed by atoms with Gasteiger partial charge in [-0.15, -0.1) is 11.8 Å². The van der Waals surface area contributed by atoms with Crippen LogP contribution in [0.1, 0.15) is 48.0 Å². The lowest BCUT2D eigenvalue weighted by Crippen LogP contribution is -2.54. The fraction of sp³-hybridized carbons (Fsp3) is 0.394. The van der Waals surface area contributed by atoms with Gasteiger partial charge in [-0.05, 0) is 66.5 Å². The molecule has 226 valence electrons. The molecule has 43 heavy (non-hydrogen) atoms. The van der Waals surface area contributed by atoms with E-state index in [1.807, 2.05) is 54.6 Å². The summed E-state index contributed by atoms with van der Waals surface area (Å²) in [5.41, 5.74) is 1.37. The van der Waals surface area contributed by atoms with Crippen molar-refractivity contribution in [2.45, 2.75) is 50.7 Å². The number of benzene rings is 2. The maximum Gasteiger partial charge on any atom is 0.256 e. The molecule has 1 aliphatic heterocycles. The Morgan fingerprint density at radius 1 is 0.977 bits per heavy atom. The van der Waals surface area contributed by atoms with E-state index in [9.17, 15) is 14.4 Å². The number of amides is 3. The van der Waals surface area contributed by atoms with Crippen molar-refractivity contribution in [1.29, 1.82) is 0 Å². The number of para-hydroxylation sites is 1. The molecule has 2 N–H and O–H groups in total. The van der Waals surface area contributed by atoms with Gasteiger partial charge in [0.1, 0.15) is 23.6 Å². The van der Waals surface area contributed by atoms with E-state index in [-0.39, 0.29) is 17.7 Å². The van der Waals surface area contributed by atoms with Crippen molar-refractivity contribution in [3.8, 4) is 11.5 Å². The number of nitrogens with zero attached hydrogens (tertiary/aromatic N) is 2. The maximum absolute atomic E-state index is 13.5.